The molecule has 0 aromatic heterocycles. The van der Waals surface area contributed by atoms with Gasteiger partial charge in [0.1, 0.15) is 0 Å². The standard InChI is InChI=1S/C30H34N4O6/c1-20-7-3-5-9-23(20)18-32-15-13-22(29(32)37)11-12-28(36)34(40)26(17-27(35)31-39)25-14-16-33(30(25)38)19-24-10-6-4-8-21(24)2/h3-10,13-14,26,39-40H,11-12,15-19H2,1-2H3,(H,31,35). The van der Waals surface area contributed by atoms with E-state index in [0.717, 1.165) is 22.3 Å². The van der Waals surface area contributed by atoms with Gasteiger partial charge in [0, 0.05) is 43.7 Å². The van der Waals surface area contributed by atoms with Crippen LogP contribution in [0.25, 0.3) is 0 Å². The SMILES string of the molecule is Cc1ccccc1CN1CC=C(CCC(=O)N(O)C(CC(=O)NO)C2=CCN(Cc3ccccc3C)C2=O)C1=O. The Labute approximate surface area is 233 Å². The Bertz CT molecular complexity index is 1370. The van der Waals surface area contributed by atoms with Crippen molar-refractivity contribution in [3.8, 4) is 0 Å². The molecule has 0 saturated carbocycles. The van der Waals surface area contributed by atoms with Gasteiger partial charge in [-0.25, -0.2) is 10.5 Å². The second kappa shape index (κ2) is 12.7. The summed E-state index contributed by atoms with van der Waals surface area (Å²) < 4.78 is 0. The minimum Gasteiger partial charge on any atom is -0.331 e. The maximum atomic E-state index is 13.2. The van der Waals surface area contributed by atoms with Gasteiger partial charge in [0.25, 0.3) is 5.91 Å². The summed E-state index contributed by atoms with van der Waals surface area (Å²) in [5, 5.41) is 20.3. The number of hydrogen-bond acceptors (Lipinski definition) is 6. The van der Waals surface area contributed by atoms with Crippen LogP contribution in [0.15, 0.2) is 71.8 Å². The molecule has 2 aromatic rings. The molecule has 210 valence electrons. The summed E-state index contributed by atoms with van der Waals surface area (Å²) in [7, 11) is 0. The van der Waals surface area contributed by atoms with Gasteiger partial charge in [-0.1, -0.05) is 60.7 Å². The fourth-order valence-corrected chi connectivity index (χ4v) is 4.98. The first kappa shape index (κ1) is 28.7. The summed E-state index contributed by atoms with van der Waals surface area (Å²) in [6.45, 7) is 5.40. The molecule has 0 aliphatic carbocycles. The van der Waals surface area contributed by atoms with Gasteiger partial charge in [0.15, 0.2) is 0 Å². The van der Waals surface area contributed by atoms with Crippen molar-refractivity contribution in [2.45, 2.75) is 52.2 Å². The molecule has 2 aromatic carbocycles. The van der Waals surface area contributed by atoms with Crippen LogP contribution in [-0.2, 0) is 32.3 Å². The molecule has 1 atom stereocenters. The van der Waals surface area contributed by atoms with Gasteiger partial charge in [-0.05, 0) is 42.5 Å². The Morgan fingerprint density at radius 1 is 0.900 bits per heavy atom. The normalized spacial score (nSPS) is 15.7. The molecule has 3 N–H and O–H groups in total. The summed E-state index contributed by atoms with van der Waals surface area (Å²) in [6, 6.07) is 14.2. The Morgan fingerprint density at radius 2 is 1.45 bits per heavy atom. The molecule has 0 bridgehead atoms. The van der Waals surface area contributed by atoms with Crippen LogP contribution in [0.5, 0.6) is 0 Å². The van der Waals surface area contributed by atoms with E-state index >= 15 is 0 Å². The van der Waals surface area contributed by atoms with Crippen molar-refractivity contribution in [2.24, 2.45) is 0 Å². The van der Waals surface area contributed by atoms with E-state index in [9.17, 15) is 24.4 Å². The predicted molar refractivity (Wildman–Crippen MR) is 146 cm³/mol. The van der Waals surface area contributed by atoms with E-state index < -0.39 is 30.2 Å². The average Bonchev–Trinajstić information content (AvgIpc) is 3.49. The number of nitrogens with one attached hydrogen (secondary N) is 1. The van der Waals surface area contributed by atoms with Gasteiger partial charge in [-0.2, -0.15) is 0 Å². The van der Waals surface area contributed by atoms with Crippen molar-refractivity contribution in [1.29, 1.82) is 0 Å². The van der Waals surface area contributed by atoms with Crippen molar-refractivity contribution in [1.82, 2.24) is 20.3 Å². The van der Waals surface area contributed by atoms with Crippen LogP contribution in [0.2, 0.25) is 0 Å². The lowest BCUT2D eigenvalue weighted by Gasteiger charge is -2.27. The van der Waals surface area contributed by atoms with Crippen molar-refractivity contribution in [3.05, 3.63) is 94.1 Å². The van der Waals surface area contributed by atoms with Crippen LogP contribution in [-0.4, -0.2) is 68.0 Å². The van der Waals surface area contributed by atoms with Gasteiger partial charge < -0.3 is 9.80 Å². The van der Waals surface area contributed by atoms with E-state index in [1.807, 2.05) is 62.4 Å². The first-order valence-electron chi connectivity index (χ1n) is 13.2. The van der Waals surface area contributed by atoms with Crippen LogP contribution in [0.1, 0.15) is 41.5 Å². The fourth-order valence-electron chi connectivity index (χ4n) is 4.98. The second-order valence-electron chi connectivity index (χ2n) is 10.1. The van der Waals surface area contributed by atoms with Crippen molar-refractivity contribution >= 4 is 23.6 Å². The first-order chi connectivity index (χ1) is 19.2. The molecule has 4 amide bonds. The minimum absolute atomic E-state index is 0.0913. The number of hydrogen-bond donors (Lipinski definition) is 3. The van der Waals surface area contributed by atoms with Gasteiger partial charge in [0.05, 0.1) is 12.5 Å². The van der Waals surface area contributed by atoms with Gasteiger partial charge in [-0.3, -0.25) is 29.6 Å². The number of benzene rings is 2. The molecule has 10 heteroatoms. The molecule has 1 unspecified atom stereocenters. The summed E-state index contributed by atoms with van der Waals surface area (Å²) in [5.74, 6) is -2.18. The molecule has 2 aliphatic rings. The van der Waals surface area contributed by atoms with E-state index in [1.165, 1.54) is 5.48 Å². The smallest absolute Gasteiger partial charge is 0.252 e. The highest BCUT2D eigenvalue weighted by Gasteiger charge is 2.37. The number of amides is 4. The monoisotopic (exact) mass is 546 g/mol. The number of carbonyl (C=O) groups excluding carboxylic acids is 4. The second-order valence-corrected chi connectivity index (χ2v) is 10.1. The number of hydroxylamine groups is 3. The molecule has 0 saturated heterocycles. The molecular formula is C30H34N4O6. The Kier molecular flexibility index (Phi) is 9.13. The summed E-state index contributed by atoms with van der Waals surface area (Å²) >= 11 is 0. The van der Waals surface area contributed by atoms with Crippen molar-refractivity contribution in [3.63, 3.8) is 0 Å². The lowest BCUT2D eigenvalue weighted by atomic mass is 10.0. The molecule has 40 heavy (non-hydrogen) atoms. The molecule has 10 nitrogen and oxygen atoms in total. The quantitative estimate of drug-likeness (QED) is 0.294. The van der Waals surface area contributed by atoms with E-state index in [0.29, 0.717) is 30.3 Å². The largest absolute Gasteiger partial charge is 0.331 e. The summed E-state index contributed by atoms with van der Waals surface area (Å²) in [6.07, 6.45) is 2.75. The maximum absolute atomic E-state index is 13.2. The van der Waals surface area contributed by atoms with Gasteiger partial charge in [0.2, 0.25) is 17.7 Å². The van der Waals surface area contributed by atoms with Crippen molar-refractivity contribution in [2.75, 3.05) is 13.1 Å². The van der Waals surface area contributed by atoms with Crippen LogP contribution in [0.4, 0.5) is 0 Å². The number of aryl methyl sites for hydroxylation is 2. The van der Waals surface area contributed by atoms with Crippen LogP contribution < -0.4 is 5.48 Å². The van der Waals surface area contributed by atoms with E-state index in [4.69, 9.17) is 5.21 Å². The van der Waals surface area contributed by atoms with Crippen molar-refractivity contribution < 1.29 is 29.6 Å². The topological polar surface area (TPSA) is 130 Å². The van der Waals surface area contributed by atoms with Crippen LogP contribution >= 0.6 is 0 Å². The maximum Gasteiger partial charge on any atom is 0.252 e. The lowest BCUT2D eigenvalue weighted by Crippen LogP contribution is -2.44. The zero-order valence-electron chi connectivity index (χ0n) is 22.7. The highest BCUT2D eigenvalue weighted by molar-refractivity contribution is 5.99. The average molecular weight is 547 g/mol. The summed E-state index contributed by atoms with van der Waals surface area (Å²) in [4.78, 5) is 54.4. The highest BCUT2D eigenvalue weighted by atomic mass is 16.5. The summed E-state index contributed by atoms with van der Waals surface area (Å²) in [5.41, 5.74) is 6.16. The Morgan fingerprint density at radius 3 is 2.02 bits per heavy atom. The fraction of sp³-hybridized carbons (Fsp3) is 0.333. The minimum atomic E-state index is -1.29. The van der Waals surface area contributed by atoms with E-state index in [-0.39, 0.29) is 30.9 Å². The van der Waals surface area contributed by atoms with Crippen LogP contribution in [0, 0.1) is 13.8 Å². The van der Waals surface area contributed by atoms with E-state index in [1.54, 1.807) is 22.0 Å². The lowest BCUT2D eigenvalue weighted by molar-refractivity contribution is -0.174. The zero-order chi connectivity index (χ0) is 28.8. The Hall–Kier alpha value is -4.28. The third kappa shape index (κ3) is 6.47. The molecule has 0 spiro atoms. The van der Waals surface area contributed by atoms with Gasteiger partial charge in [-0.15, -0.1) is 0 Å². The third-order valence-corrected chi connectivity index (χ3v) is 7.45. The highest BCUT2D eigenvalue weighted by Crippen LogP contribution is 2.25. The predicted octanol–water partition coefficient (Wildman–Crippen LogP) is 2.80. The number of nitrogens with zero attached hydrogens (tertiary/aromatic N) is 3. The molecule has 2 heterocycles. The molecular weight excluding hydrogens is 512 g/mol. The Balaban J connectivity index is 1.38. The van der Waals surface area contributed by atoms with Crippen LogP contribution in [0.3, 0.4) is 0 Å². The zero-order valence-corrected chi connectivity index (χ0v) is 22.7. The number of rotatable bonds is 11. The first-order valence-corrected chi connectivity index (χ1v) is 13.2. The number of carbonyl (C=O) groups is 4. The molecule has 2 aliphatic heterocycles. The molecule has 4 rings (SSSR count). The molecule has 0 fully saturated rings. The van der Waals surface area contributed by atoms with E-state index in [2.05, 4.69) is 0 Å². The third-order valence-electron chi connectivity index (χ3n) is 7.45. The van der Waals surface area contributed by atoms with Gasteiger partial charge >= 0.3 is 0 Å². The molecule has 0 radical (unpaired) electrons.